The van der Waals surface area contributed by atoms with Gasteiger partial charge in [-0.25, -0.2) is 9.78 Å². The van der Waals surface area contributed by atoms with Crippen LogP contribution in [0.4, 0.5) is 0 Å². The van der Waals surface area contributed by atoms with Crippen molar-refractivity contribution < 1.29 is 4.79 Å². The lowest BCUT2D eigenvalue weighted by Gasteiger charge is -2.08. The smallest absolute Gasteiger partial charge is 0.336 e. The second-order valence-corrected chi connectivity index (χ2v) is 7.70. The Morgan fingerprint density at radius 2 is 1.90 bits per heavy atom. The molecule has 1 fully saturated rings. The summed E-state index contributed by atoms with van der Waals surface area (Å²) in [6.07, 6.45) is 3.57. The molecule has 150 valence electrons. The largest absolute Gasteiger partial charge is 0.352 e. The van der Waals surface area contributed by atoms with Gasteiger partial charge < -0.3 is 4.98 Å². The van der Waals surface area contributed by atoms with Gasteiger partial charge in [0.25, 0.3) is 0 Å². The molecule has 2 heterocycles. The minimum absolute atomic E-state index is 0.0178. The molecule has 0 saturated heterocycles. The van der Waals surface area contributed by atoms with Gasteiger partial charge in [0.05, 0.1) is 5.69 Å². The lowest BCUT2D eigenvalue weighted by Crippen LogP contribution is -2.23. The fourth-order valence-corrected chi connectivity index (χ4v) is 3.61. The van der Waals surface area contributed by atoms with Crippen molar-refractivity contribution in [3.05, 3.63) is 76.5 Å². The molecule has 0 spiro atoms. The van der Waals surface area contributed by atoms with Gasteiger partial charge in [-0.15, -0.1) is 0 Å². The van der Waals surface area contributed by atoms with Gasteiger partial charge in [0.2, 0.25) is 0 Å². The number of nitrogens with one attached hydrogen (secondary N) is 1. The number of carbonyl (C=O) groups is 1. The van der Waals surface area contributed by atoms with Gasteiger partial charge >= 0.3 is 5.69 Å². The highest BCUT2D eigenvalue weighted by Gasteiger charge is 2.28. The third-order valence-corrected chi connectivity index (χ3v) is 5.48. The van der Waals surface area contributed by atoms with Gasteiger partial charge in [0.15, 0.2) is 11.6 Å². The van der Waals surface area contributed by atoms with E-state index in [1.54, 1.807) is 17.8 Å². The van der Waals surface area contributed by atoms with E-state index in [0.29, 0.717) is 22.9 Å². The van der Waals surface area contributed by atoms with Crippen molar-refractivity contribution in [2.45, 2.75) is 32.7 Å². The van der Waals surface area contributed by atoms with E-state index in [1.807, 2.05) is 55.5 Å². The molecule has 1 aliphatic carbocycles. The number of benzene rings is 2. The molecule has 0 aliphatic heterocycles. The number of imidazole rings is 1. The molecule has 0 radical (unpaired) electrons. The topological polar surface area (TPSA) is 85.6 Å². The highest BCUT2D eigenvalue weighted by atomic mass is 16.2. The number of ketones is 1. The van der Waals surface area contributed by atoms with E-state index >= 15 is 0 Å². The molecular formula is C23H21N5O2. The third-order valence-electron chi connectivity index (χ3n) is 5.48. The summed E-state index contributed by atoms with van der Waals surface area (Å²) in [4.78, 5) is 33.1. The molecule has 30 heavy (non-hydrogen) atoms. The van der Waals surface area contributed by atoms with E-state index in [1.165, 1.54) is 4.68 Å². The second kappa shape index (κ2) is 6.95. The number of hydrogen-bond acceptors (Lipinski definition) is 4. The number of Topliss-reactive ketones (excluding diaryl/α,β-unsaturated/α-hetero) is 1. The average molecular weight is 399 g/mol. The normalized spacial score (nSPS) is 13.5. The maximum Gasteiger partial charge on any atom is 0.352 e. The first-order chi connectivity index (χ1) is 14.5. The molecule has 0 unspecified atom stereocenters. The molecular weight excluding hydrogens is 378 g/mol. The first kappa shape index (κ1) is 18.3. The molecule has 2 aromatic heterocycles. The summed E-state index contributed by atoms with van der Waals surface area (Å²) in [5, 5.41) is 4.35. The standard InChI is InChI=1S/C23H21N5O2/c1-14-8-9-17(15(2)29)12-19(14)20-22(26-21(25-20)16-6-4-3-5-7-16)28-23(30)27(13-24-28)18-10-11-18/h3-9,12-13,18H,10-11H2,1-2H3,(H,25,26). The maximum absolute atomic E-state index is 13.0. The molecule has 0 amide bonds. The van der Waals surface area contributed by atoms with Crippen molar-refractivity contribution in [3.8, 4) is 28.5 Å². The first-order valence-electron chi connectivity index (χ1n) is 9.97. The average Bonchev–Trinajstić information content (AvgIpc) is 3.38. The summed E-state index contributed by atoms with van der Waals surface area (Å²) in [5.74, 6) is 1.05. The fourth-order valence-electron chi connectivity index (χ4n) is 3.61. The monoisotopic (exact) mass is 399 g/mol. The van der Waals surface area contributed by atoms with Crippen LogP contribution >= 0.6 is 0 Å². The van der Waals surface area contributed by atoms with Crippen molar-refractivity contribution in [2.24, 2.45) is 0 Å². The number of carbonyl (C=O) groups excluding carboxylic acids is 1. The summed E-state index contributed by atoms with van der Waals surface area (Å²) >= 11 is 0. The minimum Gasteiger partial charge on any atom is -0.336 e. The van der Waals surface area contributed by atoms with Crippen LogP contribution in [0.15, 0.2) is 59.7 Å². The fraction of sp³-hybridized carbons (Fsp3) is 0.217. The predicted octanol–water partition coefficient (Wildman–Crippen LogP) is 3.94. The van der Waals surface area contributed by atoms with Crippen LogP contribution in [-0.4, -0.2) is 30.1 Å². The highest BCUT2D eigenvalue weighted by molar-refractivity contribution is 5.95. The Labute approximate surface area is 173 Å². The summed E-state index contributed by atoms with van der Waals surface area (Å²) in [6, 6.07) is 15.5. The molecule has 7 nitrogen and oxygen atoms in total. The molecule has 1 aliphatic rings. The second-order valence-electron chi connectivity index (χ2n) is 7.70. The van der Waals surface area contributed by atoms with Crippen LogP contribution in [0.25, 0.3) is 28.5 Å². The van der Waals surface area contributed by atoms with E-state index in [9.17, 15) is 9.59 Å². The van der Waals surface area contributed by atoms with Crippen LogP contribution in [0.2, 0.25) is 0 Å². The molecule has 4 aromatic rings. The van der Waals surface area contributed by atoms with Crippen LogP contribution in [0.1, 0.15) is 41.7 Å². The van der Waals surface area contributed by atoms with Crippen LogP contribution in [0.5, 0.6) is 0 Å². The third kappa shape index (κ3) is 3.08. The Morgan fingerprint density at radius 3 is 2.60 bits per heavy atom. The molecule has 2 aromatic carbocycles. The minimum atomic E-state index is -0.203. The molecule has 1 N–H and O–H groups in total. The zero-order chi connectivity index (χ0) is 20.8. The Hall–Kier alpha value is -3.74. The van der Waals surface area contributed by atoms with Crippen molar-refractivity contribution in [1.29, 1.82) is 0 Å². The van der Waals surface area contributed by atoms with E-state index in [0.717, 1.165) is 29.5 Å². The summed E-state index contributed by atoms with van der Waals surface area (Å²) in [7, 11) is 0. The Balaban J connectivity index is 1.74. The number of rotatable bonds is 5. The number of aromatic nitrogens is 5. The summed E-state index contributed by atoms with van der Waals surface area (Å²) in [6.45, 7) is 3.51. The van der Waals surface area contributed by atoms with Crippen LogP contribution in [0.3, 0.4) is 0 Å². The first-order valence-corrected chi connectivity index (χ1v) is 9.97. The molecule has 0 atom stereocenters. The summed E-state index contributed by atoms with van der Waals surface area (Å²) < 4.78 is 3.01. The van der Waals surface area contributed by atoms with Gasteiger partial charge in [0, 0.05) is 22.7 Å². The van der Waals surface area contributed by atoms with E-state index in [-0.39, 0.29) is 17.5 Å². The van der Waals surface area contributed by atoms with Crippen molar-refractivity contribution in [3.63, 3.8) is 0 Å². The van der Waals surface area contributed by atoms with Crippen molar-refractivity contribution in [1.82, 2.24) is 24.3 Å². The Morgan fingerprint density at radius 1 is 1.13 bits per heavy atom. The lowest BCUT2D eigenvalue weighted by atomic mass is 10.0. The number of hydrogen-bond donors (Lipinski definition) is 1. The molecule has 0 bridgehead atoms. The van der Waals surface area contributed by atoms with Crippen LogP contribution in [-0.2, 0) is 0 Å². The van der Waals surface area contributed by atoms with Gasteiger partial charge in [-0.3, -0.25) is 9.36 Å². The molecule has 5 rings (SSSR count). The maximum atomic E-state index is 13.0. The number of aryl methyl sites for hydroxylation is 1. The van der Waals surface area contributed by atoms with Crippen molar-refractivity contribution >= 4 is 5.78 Å². The Bertz CT molecular complexity index is 1310. The SMILES string of the molecule is CC(=O)c1ccc(C)c(-c2[nH]c(-c3ccccc3)nc2-n2ncn(C3CC3)c2=O)c1. The van der Waals surface area contributed by atoms with Gasteiger partial charge in [-0.2, -0.15) is 9.78 Å². The summed E-state index contributed by atoms with van der Waals surface area (Å²) in [5.41, 5.74) is 3.76. The van der Waals surface area contributed by atoms with Crippen LogP contribution in [0, 0.1) is 6.92 Å². The number of aromatic amines is 1. The van der Waals surface area contributed by atoms with Gasteiger partial charge in [0.1, 0.15) is 12.2 Å². The van der Waals surface area contributed by atoms with Crippen molar-refractivity contribution in [2.75, 3.05) is 0 Å². The van der Waals surface area contributed by atoms with E-state index < -0.39 is 0 Å². The molecule has 1 saturated carbocycles. The zero-order valence-electron chi connectivity index (χ0n) is 16.8. The highest BCUT2D eigenvalue weighted by Crippen LogP contribution is 2.34. The predicted molar refractivity (Wildman–Crippen MR) is 114 cm³/mol. The van der Waals surface area contributed by atoms with Gasteiger partial charge in [-0.05, 0) is 38.3 Å². The number of nitrogens with zero attached hydrogens (tertiary/aromatic N) is 4. The molecule has 7 heteroatoms. The van der Waals surface area contributed by atoms with E-state index in [2.05, 4.69) is 10.1 Å². The Kier molecular flexibility index (Phi) is 4.24. The quantitative estimate of drug-likeness (QED) is 0.515. The lowest BCUT2D eigenvalue weighted by molar-refractivity contribution is 0.101. The van der Waals surface area contributed by atoms with Gasteiger partial charge in [-0.1, -0.05) is 42.5 Å². The zero-order valence-corrected chi connectivity index (χ0v) is 16.8. The van der Waals surface area contributed by atoms with Crippen LogP contribution < -0.4 is 5.69 Å². The van der Waals surface area contributed by atoms with E-state index in [4.69, 9.17) is 4.98 Å². The number of H-pyrrole nitrogens is 1.